The zero-order valence-electron chi connectivity index (χ0n) is 19.2. The first-order valence-corrected chi connectivity index (χ1v) is 14.2. The van der Waals surface area contributed by atoms with Gasteiger partial charge >= 0.3 is 33.4 Å². The number of hydrogen-bond donors (Lipinski definition) is 0. The van der Waals surface area contributed by atoms with Crippen molar-refractivity contribution in [2.24, 2.45) is 0 Å². The zero-order chi connectivity index (χ0) is 27.9. The first-order valence-electron chi connectivity index (χ1n) is 11.0. The highest BCUT2D eigenvalue weighted by Gasteiger charge is 2.86. The van der Waals surface area contributed by atoms with Gasteiger partial charge in [0.15, 0.2) is 0 Å². The number of hydrogen-bond acceptors (Lipinski definition) is 4. The summed E-state index contributed by atoms with van der Waals surface area (Å²) in [5, 5.41) is -6.15. The van der Waals surface area contributed by atoms with Crippen LogP contribution in [0.15, 0.2) is 47.4 Å². The molecule has 0 aromatic heterocycles. The van der Waals surface area contributed by atoms with Crippen LogP contribution in [0.3, 0.4) is 0 Å². The van der Waals surface area contributed by atoms with E-state index in [4.69, 9.17) is 8.37 Å². The molecule has 2 atom stereocenters. The van der Waals surface area contributed by atoms with E-state index in [1.807, 2.05) is 0 Å². The summed E-state index contributed by atoms with van der Waals surface area (Å²) in [5.74, 6) is -15.1. The topological polar surface area (TPSA) is 52.6 Å². The minimum absolute atomic E-state index is 0.00914. The van der Waals surface area contributed by atoms with Gasteiger partial charge in [-0.25, -0.2) is 3.63 Å². The monoisotopic (exact) mass is 586 g/mol. The minimum atomic E-state index is -7.38. The number of benzene rings is 2. The Balaban J connectivity index is 2.18. The third kappa shape index (κ3) is 4.91. The van der Waals surface area contributed by atoms with E-state index in [1.165, 1.54) is 24.3 Å². The lowest BCUT2D eigenvalue weighted by molar-refractivity contribution is -0.382. The van der Waals surface area contributed by atoms with Crippen LogP contribution in [-0.2, 0) is 18.5 Å². The molecule has 2 aromatic rings. The van der Waals surface area contributed by atoms with E-state index in [1.54, 1.807) is 25.1 Å². The van der Waals surface area contributed by atoms with Crippen LogP contribution >= 0.6 is 10.3 Å². The highest BCUT2D eigenvalue weighted by atomic mass is 32.3. The lowest BCUT2D eigenvalue weighted by Crippen LogP contribution is -2.63. The molecule has 0 aliphatic carbocycles. The normalized spacial score (nSPS) is 23.8. The summed E-state index contributed by atoms with van der Waals surface area (Å²) in [6, 6.07) is 10.6. The molecule has 2 aromatic carbocycles. The highest BCUT2D eigenvalue weighted by Crippen LogP contribution is 2.70. The van der Waals surface area contributed by atoms with E-state index in [-0.39, 0.29) is 30.1 Å². The molecule has 1 saturated heterocycles. The molecule has 1 heterocycles. The molecule has 0 spiro atoms. The maximum atomic E-state index is 14.6. The molecule has 0 saturated carbocycles. The van der Waals surface area contributed by atoms with Crippen LogP contribution < -0.4 is 0 Å². The maximum Gasteiger partial charge on any atom is 0.460 e. The average molecular weight is 587 g/mol. The lowest BCUT2D eigenvalue weighted by atomic mass is 10.1. The van der Waals surface area contributed by atoms with Crippen molar-refractivity contribution in [2.45, 2.75) is 66.2 Å². The molecule has 1 fully saturated rings. The van der Waals surface area contributed by atoms with E-state index in [0.29, 0.717) is 23.6 Å². The van der Waals surface area contributed by atoms with Gasteiger partial charge in [-0.2, -0.15) is 47.9 Å². The van der Waals surface area contributed by atoms with Crippen LogP contribution in [0.25, 0.3) is 10.8 Å². The molecule has 2 unspecified atom stereocenters. The summed E-state index contributed by atoms with van der Waals surface area (Å²) >= 11 is 0. The summed E-state index contributed by atoms with van der Waals surface area (Å²) in [7, 11) is -10.7. The van der Waals surface area contributed by atoms with E-state index in [9.17, 15) is 47.9 Å². The van der Waals surface area contributed by atoms with Crippen molar-refractivity contribution in [3.05, 3.63) is 42.5 Å². The van der Waals surface area contributed by atoms with Gasteiger partial charge in [-0.3, -0.25) is 0 Å². The number of ether oxygens (including phenoxy) is 1. The third-order valence-corrected chi connectivity index (χ3v) is 11.7. The van der Waals surface area contributed by atoms with Gasteiger partial charge in [0.1, 0.15) is 5.44 Å². The van der Waals surface area contributed by atoms with Gasteiger partial charge in [-0.15, -0.1) is 0 Å². The molecular formula is C22H23F9O4S2. The third-order valence-electron chi connectivity index (χ3n) is 5.88. The Kier molecular flexibility index (Phi) is 8.16. The van der Waals surface area contributed by atoms with Crippen molar-refractivity contribution in [2.75, 3.05) is 12.4 Å². The number of fused-ring (bicyclic) bond motifs is 1. The fourth-order valence-corrected chi connectivity index (χ4v) is 9.99. The fraction of sp³-hybridized carbons (Fsp3) is 0.545. The first kappa shape index (κ1) is 29.8. The van der Waals surface area contributed by atoms with Gasteiger partial charge in [-0.1, -0.05) is 60.1 Å². The Bertz CT molecular complexity index is 1210. The summed E-state index contributed by atoms with van der Waals surface area (Å²) in [5.41, 5.74) is -1.23. The van der Waals surface area contributed by atoms with Crippen molar-refractivity contribution >= 4 is 31.2 Å². The van der Waals surface area contributed by atoms with Crippen LogP contribution in [0.5, 0.6) is 0 Å². The predicted octanol–water partition coefficient (Wildman–Crippen LogP) is 7.63. The Labute approximate surface area is 208 Å². The zero-order valence-corrected chi connectivity index (χ0v) is 20.8. The van der Waals surface area contributed by atoms with Crippen LogP contribution in [0.2, 0.25) is 0 Å². The van der Waals surface area contributed by atoms with E-state index in [2.05, 4.69) is 0 Å². The van der Waals surface area contributed by atoms with Gasteiger partial charge in [0, 0.05) is 17.3 Å². The Morgan fingerprint density at radius 3 is 2.16 bits per heavy atom. The largest absolute Gasteiger partial charge is 0.460 e. The molecule has 1 aliphatic rings. The lowest BCUT2D eigenvalue weighted by Gasteiger charge is -2.42. The quantitative estimate of drug-likeness (QED) is 0.212. The van der Waals surface area contributed by atoms with Crippen molar-refractivity contribution in [3.63, 3.8) is 0 Å². The highest BCUT2D eigenvalue weighted by molar-refractivity contribution is 8.33. The van der Waals surface area contributed by atoms with Crippen LogP contribution in [0, 0.1) is 0 Å². The van der Waals surface area contributed by atoms with Crippen molar-refractivity contribution in [1.82, 2.24) is 0 Å². The molecule has 0 N–H and O–H groups in total. The van der Waals surface area contributed by atoms with Crippen molar-refractivity contribution in [3.8, 4) is 0 Å². The van der Waals surface area contributed by atoms with Crippen LogP contribution in [0.1, 0.15) is 32.6 Å². The molecule has 15 heteroatoms. The Hall–Kier alpha value is -1.71. The molecule has 4 nitrogen and oxygen atoms in total. The Morgan fingerprint density at radius 1 is 0.919 bits per heavy atom. The van der Waals surface area contributed by atoms with Crippen molar-refractivity contribution < 1.29 is 56.3 Å². The molecule has 210 valence electrons. The average Bonchev–Trinajstić information content (AvgIpc) is 3.20. The predicted molar refractivity (Wildman–Crippen MR) is 119 cm³/mol. The summed E-state index contributed by atoms with van der Waals surface area (Å²) in [4.78, 5) is 0.00914. The number of rotatable bonds is 10. The number of alkyl halides is 9. The molecule has 0 radical (unpaired) electrons. The summed E-state index contributed by atoms with van der Waals surface area (Å²) < 4.78 is 158. The van der Waals surface area contributed by atoms with Gasteiger partial charge in [0.2, 0.25) is 0 Å². The molecule has 0 amide bonds. The van der Waals surface area contributed by atoms with Gasteiger partial charge in [0.05, 0.1) is 0 Å². The summed E-state index contributed by atoms with van der Waals surface area (Å²) in [6.07, 6.45) is -5.90. The molecule has 3 rings (SSSR count). The molecular weight excluding hydrogens is 563 g/mol. The van der Waals surface area contributed by atoms with E-state index in [0.717, 1.165) is 0 Å². The standard InChI is InChI=1S/C22H23F9O4S2/c1-2-3-13-34-18-12-7-14-36(18,17-11-6-9-15-8-4-5-10-16(15)17)35-37(32,33)22(30,31)20(25,26)19(23,24)21(27,28)29/h4-6,8-11,18H,2-3,7,12-14H2,1H3. The SMILES string of the molecule is CCCCOC1CCCS1(OS(=O)(=O)C(F)(F)C(F)(F)C(F)(F)C(F)(F)F)c1cccc2ccccc12. The van der Waals surface area contributed by atoms with Gasteiger partial charge in [0.25, 0.3) is 0 Å². The second kappa shape index (κ2) is 10.1. The van der Waals surface area contributed by atoms with Crippen LogP contribution in [-0.4, -0.2) is 49.5 Å². The van der Waals surface area contributed by atoms with Gasteiger partial charge < -0.3 is 4.74 Å². The maximum absolute atomic E-state index is 14.6. The second-order valence-electron chi connectivity index (χ2n) is 8.39. The number of unbranched alkanes of at least 4 members (excludes halogenated alkanes) is 1. The number of halogens is 9. The van der Waals surface area contributed by atoms with Crippen molar-refractivity contribution in [1.29, 1.82) is 0 Å². The smallest absolute Gasteiger partial charge is 0.367 e. The summed E-state index contributed by atoms with van der Waals surface area (Å²) in [6.45, 7) is 1.82. The van der Waals surface area contributed by atoms with E-state index < -0.39 is 49.1 Å². The second-order valence-corrected chi connectivity index (χ2v) is 13.2. The van der Waals surface area contributed by atoms with Gasteiger partial charge in [-0.05, 0) is 36.1 Å². The first-order chi connectivity index (χ1) is 17.0. The van der Waals surface area contributed by atoms with Crippen LogP contribution in [0.4, 0.5) is 39.5 Å². The molecule has 37 heavy (non-hydrogen) atoms. The van der Waals surface area contributed by atoms with E-state index >= 15 is 0 Å². The molecule has 0 bridgehead atoms. The minimum Gasteiger partial charge on any atom is -0.367 e. The fourth-order valence-electron chi connectivity index (χ4n) is 3.92. The molecule has 1 aliphatic heterocycles. The Morgan fingerprint density at radius 2 is 1.54 bits per heavy atom.